The molecule has 1 aromatic carbocycles. The normalized spacial score (nSPS) is 27.8. The highest BCUT2D eigenvalue weighted by Crippen LogP contribution is 2.50. The number of rotatable bonds is 4. The molecular weight excluding hydrogens is 327 g/mol. The van der Waals surface area contributed by atoms with Crippen molar-refractivity contribution in [2.75, 3.05) is 13.2 Å². The minimum atomic E-state index is -0.475. The van der Waals surface area contributed by atoms with Crippen LogP contribution in [0.1, 0.15) is 24.3 Å². The molecular formula is C15H16Cl2N2O3. The summed E-state index contributed by atoms with van der Waals surface area (Å²) in [4.78, 5) is 25.2. The predicted molar refractivity (Wildman–Crippen MR) is 83.0 cm³/mol. The number of amides is 3. The fourth-order valence-corrected chi connectivity index (χ4v) is 3.45. The summed E-state index contributed by atoms with van der Waals surface area (Å²) in [6.45, 7) is 0.157. The van der Waals surface area contributed by atoms with Crippen LogP contribution in [0.2, 0.25) is 10.0 Å². The maximum absolute atomic E-state index is 12.0. The highest BCUT2D eigenvalue weighted by Gasteiger charge is 2.43. The third kappa shape index (κ3) is 3.07. The molecule has 3 rings (SSSR count). The Kier molecular flexibility index (Phi) is 4.30. The van der Waals surface area contributed by atoms with E-state index in [9.17, 15) is 9.59 Å². The molecule has 3 amide bonds. The lowest BCUT2D eigenvalue weighted by molar-refractivity contribution is -0.130. The number of urea groups is 1. The molecule has 118 valence electrons. The molecule has 1 heterocycles. The Morgan fingerprint density at radius 1 is 1.32 bits per heavy atom. The standard InChI is InChI=1S/C15H16Cl2N2O3/c16-9-1-2-11(13(17)4-9)12-3-8(12)6-19-14(21)5-10(7-20)18-15(19)22/h1-2,4,8,10,12,20H,3,5-7H2,(H,18,22)/t8-,10?,12+/m0/s1. The van der Waals surface area contributed by atoms with Gasteiger partial charge in [0.2, 0.25) is 5.91 Å². The monoisotopic (exact) mass is 342 g/mol. The molecule has 3 atom stereocenters. The molecule has 7 heteroatoms. The largest absolute Gasteiger partial charge is 0.394 e. The molecule has 2 N–H and O–H groups in total. The van der Waals surface area contributed by atoms with Crippen LogP contribution in [0.5, 0.6) is 0 Å². The van der Waals surface area contributed by atoms with Gasteiger partial charge < -0.3 is 10.4 Å². The Bertz CT molecular complexity index is 605. The van der Waals surface area contributed by atoms with E-state index in [0.717, 1.165) is 12.0 Å². The van der Waals surface area contributed by atoms with E-state index in [-0.39, 0.29) is 30.8 Å². The Balaban J connectivity index is 1.64. The molecule has 1 saturated heterocycles. The summed E-state index contributed by atoms with van der Waals surface area (Å²) in [6.07, 6.45) is 1.03. The van der Waals surface area contributed by atoms with E-state index in [0.29, 0.717) is 16.6 Å². The van der Waals surface area contributed by atoms with Gasteiger partial charge in [0, 0.05) is 23.0 Å². The van der Waals surface area contributed by atoms with Crippen LogP contribution in [-0.2, 0) is 4.79 Å². The first kappa shape index (κ1) is 15.6. The summed E-state index contributed by atoms with van der Waals surface area (Å²) >= 11 is 12.1. The van der Waals surface area contributed by atoms with Gasteiger partial charge in [-0.15, -0.1) is 0 Å². The van der Waals surface area contributed by atoms with Crippen molar-refractivity contribution >= 4 is 35.1 Å². The van der Waals surface area contributed by atoms with Crippen molar-refractivity contribution in [3.05, 3.63) is 33.8 Å². The topological polar surface area (TPSA) is 69.6 Å². The first-order valence-electron chi connectivity index (χ1n) is 7.16. The summed E-state index contributed by atoms with van der Waals surface area (Å²) in [5.74, 6) is 0.232. The van der Waals surface area contributed by atoms with E-state index >= 15 is 0 Å². The molecule has 0 aromatic heterocycles. The third-order valence-corrected chi connectivity index (χ3v) is 4.78. The van der Waals surface area contributed by atoms with Gasteiger partial charge in [0.1, 0.15) is 0 Å². The lowest BCUT2D eigenvalue weighted by Crippen LogP contribution is -2.56. The molecule has 2 fully saturated rings. The summed E-state index contributed by atoms with van der Waals surface area (Å²) in [7, 11) is 0. The van der Waals surface area contributed by atoms with Crippen LogP contribution in [-0.4, -0.2) is 41.1 Å². The highest BCUT2D eigenvalue weighted by atomic mass is 35.5. The van der Waals surface area contributed by atoms with E-state index < -0.39 is 12.1 Å². The Morgan fingerprint density at radius 2 is 2.09 bits per heavy atom. The van der Waals surface area contributed by atoms with Crippen molar-refractivity contribution in [3.8, 4) is 0 Å². The van der Waals surface area contributed by atoms with Crippen molar-refractivity contribution in [3.63, 3.8) is 0 Å². The second-order valence-corrected chi connectivity index (χ2v) is 6.65. The number of nitrogens with one attached hydrogen (secondary N) is 1. The minimum absolute atomic E-state index is 0.140. The molecule has 1 aromatic rings. The zero-order valence-corrected chi connectivity index (χ0v) is 13.3. The zero-order chi connectivity index (χ0) is 15.9. The number of aliphatic hydroxyl groups excluding tert-OH is 1. The predicted octanol–water partition coefficient (Wildman–Crippen LogP) is 2.40. The number of nitrogens with zero attached hydrogens (tertiary/aromatic N) is 1. The van der Waals surface area contributed by atoms with Gasteiger partial charge in [-0.05, 0) is 36.0 Å². The number of aliphatic hydroxyl groups is 1. The molecule has 0 spiro atoms. The number of carbonyl (C=O) groups excluding carboxylic acids is 2. The highest BCUT2D eigenvalue weighted by molar-refractivity contribution is 6.35. The van der Waals surface area contributed by atoms with Crippen LogP contribution in [0.25, 0.3) is 0 Å². The molecule has 1 aliphatic heterocycles. The van der Waals surface area contributed by atoms with Gasteiger partial charge >= 0.3 is 6.03 Å². The summed E-state index contributed by atoms with van der Waals surface area (Å²) < 4.78 is 0. The molecule has 2 aliphatic rings. The van der Waals surface area contributed by atoms with Gasteiger partial charge in [-0.2, -0.15) is 0 Å². The minimum Gasteiger partial charge on any atom is -0.394 e. The van der Waals surface area contributed by atoms with Gasteiger partial charge in [-0.1, -0.05) is 29.3 Å². The van der Waals surface area contributed by atoms with Crippen molar-refractivity contribution < 1.29 is 14.7 Å². The second kappa shape index (κ2) is 6.07. The number of benzene rings is 1. The van der Waals surface area contributed by atoms with E-state index in [1.165, 1.54) is 4.90 Å². The molecule has 1 saturated carbocycles. The number of hydrogen-bond donors (Lipinski definition) is 2. The Labute approximate surface area is 138 Å². The molecule has 0 radical (unpaired) electrons. The van der Waals surface area contributed by atoms with E-state index in [4.69, 9.17) is 28.3 Å². The van der Waals surface area contributed by atoms with Gasteiger partial charge in [0.05, 0.1) is 12.6 Å². The van der Waals surface area contributed by atoms with Crippen molar-refractivity contribution in [1.82, 2.24) is 10.2 Å². The van der Waals surface area contributed by atoms with E-state index in [1.54, 1.807) is 12.1 Å². The van der Waals surface area contributed by atoms with E-state index in [2.05, 4.69) is 5.32 Å². The van der Waals surface area contributed by atoms with Crippen LogP contribution >= 0.6 is 23.2 Å². The second-order valence-electron chi connectivity index (χ2n) is 5.81. The lowest BCUT2D eigenvalue weighted by Gasteiger charge is -2.30. The first-order valence-corrected chi connectivity index (χ1v) is 7.92. The Hall–Kier alpha value is -1.30. The average Bonchev–Trinajstić information content (AvgIpc) is 3.21. The fraction of sp³-hybridized carbons (Fsp3) is 0.467. The smallest absolute Gasteiger partial charge is 0.324 e. The number of hydrogen-bond acceptors (Lipinski definition) is 3. The van der Waals surface area contributed by atoms with Gasteiger partial charge in [0.25, 0.3) is 0 Å². The number of carbonyl (C=O) groups is 2. The molecule has 1 aliphatic carbocycles. The SMILES string of the molecule is O=C1CC(CO)NC(=O)N1C[C@@H]1C[C@H]1c1ccc(Cl)cc1Cl. The molecule has 0 bridgehead atoms. The molecule has 22 heavy (non-hydrogen) atoms. The number of imide groups is 1. The van der Waals surface area contributed by atoms with E-state index in [1.807, 2.05) is 6.07 Å². The number of halogens is 2. The van der Waals surface area contributed by atoms with Crippen molar-refractivity contribution in [1.29, 1.82) is 0 Å². The fourth-order valence-electron chi connectivity index (χ4n) is 2.90. The first-order chi connectivity index (χ1) is 10.5. The van der Waals surface area contributed by atoms with Gasteiger partial charge in [0.15, 0.2) is 0 Å². The lowest BCUT2D eigenvalue weighted by atomic mass is 10.1. The van der Waals surface area contributed by atoms with Crippen LogP contribution in [0.3, 0.4) is 0 Å². The van der Waals surface area contributed by atoms with Gasteiger partial charge in [-0.3, -0.25) is 9.69 Å². The van der Waals surface area contributed by atoms with Gasteiger partial charge in [-0.25, -0.2) is 4.79 Å². The summed E-state index contributed by atoms with van der Waals surface area (Å²) in [5.41, 5.74) is 1.01. The zero-order valence-electron chi connectivity index (χ0n) is 11.8. The Morgan fingerprint density at radius 3 is 2.73 bits per heavy atom. The van der Waals surface area contributed by atoms with Crippen LogP contribution in [0.15, 0.2) is 18.2 Å². The van der Waals surface area contributed by atoms with Crippen molar-refractivity contribution in [2.24, 2.45) is 5.92 Å². The molecule has 1 unspecified atom stereocenters. The maximum atomic E-state index is 12.0. The maximum Gasteiger partial charge on any atom is 0.324 e. The van der Waals surface area contributed by atoms with Crippen LogP contribution in [0.4, 0.5) is 4.79 Å². The molecule has 5 nitrogen and oxygen atoms in total. The quantitative estimate of drug-likeness (QED) is 0.882. The third-order valence-electron chi connectivity index (χ3n) is 4.22. The average molecular weight is 343 g/mol. The van der Waals surface area contributed by atoms with Crippen LogP contribution in [0, 0.1) is 5.92 Å². The summed E-state index contributed by atoms with van der Waals surface area (Å²) in [6, 6.07) is 4.50. The van der Waals surface area contributed by atoms with Crippen LogP contribution < -0.4 is 5.32 Å². The summed E-state index contributed by atoms with van der Waals surface area (Å²) in [5, 5.41) is 12.9. The van der Waals surface area contributed by atoms with Crippen molar-refractivity contribution in [2.45, 2.75) is 24.8 Å².